The van der Waals surface area contributed by atoms with Gasteiger partial charge in [0.15, 0.2) is 0 Å². The number of carbonyl (C=O) groups excluding carboxylic acids is 1. The van der Waals surface area contributed by atoms with Crippen molar-refractivity contribution in [2.45, 2.75) is 42.7 Å². The summed E-state index contributed by atoms with van der Waals surface area (Å²) in [5.74, 6) is 1.48. The van der Waals surface area contributed by atoms with Crippen LogP contribution >= 0.6 is 24.2 Å². The molecule has 1 aliphatic carbocycles. The van der Waals surface area contributed by atoms with Crippen LogP contribution in [0, 0.1) is 5.92 Å². The number of rotatable bonds is 3. The van der Waals surface area contributed by atoms with Crippen LogP contribution < -0.4 is 11.1 Å². The summed E-state index contributed by atoms with van der Waals surface area (Å²) in [7, 11) is 0. The molecule has 1 heterocycles. The van der Waals surface area contributed by atoms with E-state index in [1.165, 1.54) is 16.9 Å². The van der Waals surface area contributed by atoms with Crippen LogP contribution in [-0.4, -0.2) is 17.7 Å². The lowest BCUT2D eigenvalue weighted by Gasteiger charge is -2.18. The van der Waals surface area contributed by atoms with Crippen LogP contribution in [0.1, 0.15) is 37.3 Å². The van der Waals surface area contributed by atoms with E-state index in [-0.39, 0.29) is 30.4 Å². The van der Waals surface area contributed by atoms with Crippen molar-refractivity contribution < 1.29 is 4.79 Å². The molecular formula is C15H21ClN2OS. The largest absolute Gasteiger partial charge is 0.348 e. The first-order valence-electron chi connectivity index (χ1n) is 7.00. The zero-order chi connectivity index (χ0) is 13.2. The van der Waals surface area contributed by atoms with Crippen molar-refractivity contribution in [1.29, 1.82) is 0 Å². The van der Waals surface area contributed by atoms with Gasteiger partial charge in [0.25, 0.3) is 0 Å². The third kappa shape index (κ3) is 3.30. The van der Waals surface area contributed by atoms with E-state index >= 15 is 0 Å². The molecule has 3 nitrogen and oxygen atoms in total. The molecule has 2 aliphatic rings. The predicted octanol–water partition coefficient (Wildman–Crippen LogP) is 2.89. The molecule has 1 aliphatic heterocycles. The number of thioether (sulfide) groups is 1. The summed E-state index contributed by atoms with van der Waals surface area (Å²) in [6.07, 6.45) is 3.93. The van der Waals surface area contributed by atoms with Gasteiger partial charge in [0.1, 0.15) is 0 Å². The van der Waals surface area contributed by atoms with Crippen molar-refractivity contribution in [3.63, 3.8) is 0 Å². The molecule has 3 rings (SSSR count). The second-order valence-corrected chi connectivity index (χ2v) is 6.59. The van der Waals surface area contributed by atoms with Crippen molar-refractivity contribution in [1.82, 2.24) is 5.32 Å². The van der Waals surface area contributed by atoms with Crippen molar-refractivity contribution in [2.75, 3.05) is 5.75 Å². The highest BCUT2D eigenvalue weighted by Gasteiger charge is 2.28. The number of amides is 1. The molecule has 0 spiro atoms. The van der Waals surface area contributed by atoms with Crippen molar-refractivity contribution >= 4 is 30.1 Å². The van der Waals surface area contributed by atoms with Gasteiger partial charge in [0, 0.05) is 23.1 Å². The minimum atomic E-state index is 0. The van der Waals surface area contributed by atoms with E-state index in [0.717, 1.165) is 18.6 Å². The van der Waals surface area contributed by atoms with E-state index in [4.69, 9.17) is 5.73 Å². The van der Waals surface area contributed by atoms with Crippen LogP contribution in [0.3, 0.4) is 0 Å². The second-order valence-electron chi connectivity index (χ2n) is 5.53. The highest BCUT2D eigenvalue weighted by Crippen LogP contribution is 2.38. The molecule has 1 aromatic rings. The number of carbonyl (C=O) groups is 1. The van der Waals surface area contributed by atoms with Crippen LogP contribution in [0.15, 0.2) is 29.2 Å². The first-order valence-corrected chi connectivity index (χ1v) is 7.99. The van der Waals surface area contributed by atoms with E-state index in [1.54, 1.807) is 0 Å². The van der Waals surface area contributed by atoms with Crippen LogP contribution in [0.2, 0.25) is 0 Å². The van der Waals surface area contributed by atoms with Crippen molar-refractivity contribution in [3.8, 4) is 0 Å². The van der Waals surface area contributed by atoms with E-state index in [9.17, 15) is 4.79 Å². The van der Waals surface area contributed by atoms with E-state index < -0.39 is 0 Å². The Kier molecular flexibility index (Phi) is 5.35. The molecule has 0 aromatic heterocycles. The Morgan fingerprint density at radius 2 is 2.15 bits per heavy atom. The molecule has 1 fully saturated rings. The number of halogens is 1. The van der Waals surface area contributed by atoms with Gasteiger partial charge in [-0.25, -0.2) is 0 Å². The normalized spacial score (nSPS) is 27.8. The molecule has 20 heavy (non-hydrogen) atoms. The van der Waals surface area contributed by atoms with Gasteiger partial charge < -0.3 is 11.1 Å². The van der Waals surface area contributed by atoms with Gasteiger partial charge >= 0.3 is 0 Å². The smallest absolute Gasteiger partial charge is 0.220 e. The number of hydrogen-bond acceptors (Lipinski definition) is 3. The van der Waals surface area contributed by atoms with E-state index in [2.05, 4.69) is 17.4 Å². The molecular weight excluding hydrogens is 292 g/mol. The molecule has 1 amide bonds. The number of benzene rings is 1. The van der Waals surface area contributed by atoms with Crippen LogP contribution in [0.25, 0.3) is 0 Å². The Morgan fingerprint density at radius 1 is 1.35 bits per heavy atom. The lowest BCUT2D eigenvalue weighted by atomic mass is 9.99. The second kappa shape index (κ2) is 6.83. The molecule has 1 unspecified atom stereocenters. The maximum Gasteiger partial charge on any atom is 0.220 e. The molecule has 0 saturated heterocycles. The minimum Gasteiger partial charge on any atom is -0.348 e. The number of nitrogens with two attached hydrogens (primary N) is 1. The van der Waals surface area contributed by atoms with Crippen molar-refractivity contribution in [2.24, 2.45) is 11.7 Å². The Bertz CT molecular complexity index is 483. The molecule has 5 heteroatoms. The third-order valence-corrected chi connectivity index (χ3v) is 5.38. The zero-order valence-electron chi connectivity index (χ0n) is 11.4. The predicted molar refractivity (Wildman–Crippen MR) is 85.2 cm³/mol. The maximum atomic E-state index is 12.1. The Morgan fingerprint density at radius 3 is 2.90 bits per heavy atom. The highest BCUT2D eigenvalue weighted by atomic mass is 35.5. The lowest BCUT2D eigenvalue weighted by Crippen LogP contribution is -2.33. The quantitative estimate of drug-likeness (QED) is 0.902. The molecule has 3 N–H and O–H groups in total. The molecule has 1 aromatic carbocycles. The van der Waals surface area contributed by atoms with E-state index in [1.807, 2.05) is 23.9 Å². The highest BCUT2D eigenvalue weighted by molar-refractivity contribution is 7.99. The Balaban J connectivity index is 0.00000147. The monoisotopic (exact) mass is 312 g/mol. The topological polar surface area (TPSA) is 55.1 Å². The Hall–Kier alpha value is -0.710. The maximum absolute atomic E-state index is 12.1. The summed E-state index contributed by atoms with van der Waals surface area (Å²) >= 11 is 1.82. The number of nitrogens with one attached hydrogen (secondary N) is 1. The van der Waals surface area contributed by atoms with E-state index in [0.29, 0.717) is 12.3 Å². The van der Waals surface area contributed by atoms with Gasteiger partial charge in [-0.3, -0.25) is 4.79 Å². The summed E-state index contributed by atoms with van der Waals surface area (Å²) in [5, 5.41) is 3.17. The van der Waals surface area contributed by atoms with Gasteiger partial charge in [0.2, 0.25) is 5.91 Å². The first kappa shape index (κ1) is 15.7. The number of hydrogen-bond donors (Lipinski definition) is 2. The van der Waals surface area contributed by atoms with Crippen LogP contribution in [0.4, 0.5) is 0 Å². The van der Waals surface area contributed by atoms with Crippen molar-refractivity contribution in [3.05, 3.63) is 29.8 Å². The van der Waals surface area contributed by atoms with Gasteiger partial charge in [-0.1, -0.05) is 24.6 Å². The Labute approximate surface area is 130 Å². The zero-order valence-corrected chi connectivity index (χ0v) is 13.0. The van der Waals surface area contributed by atoms with Crippen LogP contribution in [0.5, 0.6) is 0 Å². The fourth-order valence-electron chi connectivity index (χ4n) is 3.09. The SMILES string of the molecule is Cl.N[C@@H]1CCC[C@H]1CC(=O)NC1CSc2ccccc21. The average Bonchev–Trinajstić information content (AvgIpc) is 2.98. The van der Waals surface area contributed by atoms with Gasteiger partial charge in [-0.2, -0.15) is 0 Å². The molecule has 0 bridgehead atoms. The molecule has 110 valence electrons. The molecule has 3 atom stereocenters. The lowest BCUT2D eigenvalue weighted by molar-refractivity contribution is -0.122. The fourth-order valence-corrected chi connectivity index (χ4v) is 4.25. The van der Waals surface area contributed by atoms with Gasteiger partial charge in [-0.05, 0) is 30.4 Å². The average molecular weight is 313 g/mol. The summed E-state index contributed by atoms with van der Waals surface area (Å²) in [4.78, 5) is 13.4. The van der Waals surface area contributed by atoms with Gasteiger partial charge in [-0.15, -0.1) is 24.2 Å². The van der Waals surface area contributed by atoms with Gasteiger partial charge in [0.05, 0.1) is 6.04 Å². The molecule has 0 radical (unpaired) electrons. The summed E-state index contributed by atoms with van der Waals surface area (Å²) < 4.78 is 0. The first-order chi connectivity index (χ1) is 9.24. The third-order valence-electron chi connectivity index (χ3n) is 4.20. The summed E-state index contributed by atoms with van der Waals surface area (Å²) in [5.41, 5.74) is 7.29. The minimum absolute atomic E-state index is 0. The standard InChI is InChI=1S/C15H20N2OS.ClH/c16-12-6-3-4-10(12)8-15(18)17-13-9-19-14-7-2-1-5-11(13)14;/h1-2,5,7,10,12-13H,3-4,6,8-9,16H2,(H,17,18);1H/t10-,12+,13?;/m0./s1. The summed E-state index contributed by atoms with van der Waals surface area (Å²) in [6.45, 7) is 0. The molecule has 1 saturated carbocycles. The van der Waals surface area contributed by atoms with Crippen LogP contribution in [-0.2, 0) is 4.79 Å². The summed E-state index contributed by atoms with van der Waals surface area (Å²) in [6, 6.07) is 8.72. The fraction of sp³-hybridized carbons (Fsp3) is 0.533. The number of fused-ring (bicyclic) bond motifs is 1.